The van der Waals surface area contributed by atoms with Gasteiger partial charge in [-0.2, -0.15) is 0 Å². The molecule has 2 heterocycles. The van der Waals surface area contributed by atoms with E-state index in [-0.39, 0.29) is 0 Å². The van der Waals surface area contributed by atoms with Gasteiger partial charge in [0.1, 0.15) is 0 Å². The second-order valence-electron chi connectivity index (χ2n) is 7.91. The summed E-state index contributed by atoms with van der Waals surface area (Å²) in [6.45, 7) is 8.96. The molecule has 0 saturated heterocycles. The highest BCUT2D eigenvalue weighted by Crippen LogP contribution is 2.27. The van der Waals surface area contributed by atoms with E-state index in [1.807, 2.05) is 0 Å². The van der Waals surface area contributed by atoms with Crippen LogP contribution in [0.15, 0.2) is 73.3 Å². The van der Waals surface area contributed by atoms with Gasteiger partial charge in [0, 0.05) is 24.8 Å². The number of nitrogens with zero attached hydrogens (tertiary/aromatic N) is 2. The zero-order valence-corrected chi connectivity index (χ0v) is 17.9. The molecule has 29 heavy (non-hydrogen) atoms. The van der Waals surface area contributed by atoms with Crippen molar-refractivity contribution in [2.75, 3.05) is 0 Å². The molecular formula is C27H30N2. The lowest BCUT2D eigenvalue weighted by atomic mass is 9.94. The maximum absolute atomic E-state index is 2.39. The summed E-state index contributed by atoms with van der Waals surface area (Å²) in [6, 6.07) is 17.9. The Balaban J connectivity index is 1.71. The normalized spacial score (nSPS) is 11.2. The summed E-state index contributed by atoms with van der Waals surface area (Å²) in [4.78, 5) is 0. The van der Waals surface area contributed by atoms with Crippen molar-refractivity contribution in [3.05, 3.63) is 107 Å². The van der Waals surface area contributed by atoms with Crippen LogP contribution < -0.4 is 0 Å². The van der Waals surface area contributed by atoms with Crippen molar-refractivity contribution in [3.63, 3.8) is 0 Å². The van der Waals surface area contributed by atoms with E-state index in [1.165, 1.54) is 44.8 Å². The lowest BCUT2D eigenvalue weighted by Crippen LogP contribution is -2.04. The van der Waals surface area contributed by atoms with Crippen LogP contribution in [-0.4, -0.2) is 9.13 Å². The first-order valence-electron chi connectivity index (χ1n) is 10.6. The lowest BCUT2D eigenvalue weighted by molar-refractivity contribution is 0.978. The molecule has 0 atom stereocenters. The molecule has 0 aliphatic heterocycles. The van der Waals surface area contributed by atoms with Gasteiger partial charge >= 0.3 is 0 Å². The molecular weight excluding hydrogens is 352 g/mol. The Morgan fingerprint density at radius 1 is 0.586 bits per heavy atom. The Labute approximate surface area is 174 Å². The largest absolute Gasteiger partial charge is 0.323 e. The number of rotatable bonds is 6. The van der Waals surface area contributed by atoms with Crippen LogP contribution in [-0.2, 0) is 19.3 Å². The summed E-state index contributed by atoms with van der Waals surface area (Å²) in [6.07, 6.45) is 11.6. The number of aromatic nitrogens is 2. The second-order valence-corrected chi connectivity index (χ2v) is 7.91. The Bertz CT molecular complexity index is 1010. The van der Waals surface area contributed by atoms with Gasteiger partial charge in [-0.3, -0.25) is 0 Å². The first kappa shape index (κ1) is 19.3. The Morgan fingerprint density at radius 3 is 1.31 bits per heavy atom. The van der Waals surface area contributed by atoms with Crippen LogP contribution in [0.4, 0.5) is 0 Å². The number of hydrogen-bond donors (Lipinski definition) is 0. The fourth-order valence-electron chi connectivity index (χ4n) is 4.55. The second kappa shape index (κ2) is 8.16. The SMILES string of the molecule is CCc1cc(Cc2cc(C)c(-n3cccc3)c(CC)c2)cc(C)c1-n1cccc1. The van der Waals surface area contributed by atoms with Crippen molar-refractivity contribution >= 4 is 0 Å². The number of aryl methyl sites for hydroxylation is 4. The third-order valence-corrected chi connectivity index (χ3v) is 5.77. The molecule has 0 radical (unpaired) electrons. The van der Waals surface area contributed by atoms with Gasteiger partial charge in [-0.1, -0.05) is 38.1 Å². The van der Waals surface area contributed by atoms with Crippen LogP contribution in [0.2, 0.25) is 0 Å². The molecule has 0 bridgehead atoms. The third-order valence-electron chi connectivity index (χ3n) is 5.77. The van der Waals surface area contributed by atoms with Crippen LogP contribution in [0, 0.1) is 13.8 Å². The van der Waals surface area contributed by atoms with Crippen molar-refractivity contribution in [2.24, 2.45) is 0 Å². The van der Waals surface area contributed by atoms with Gasteiger partial charge < -0.3 is 9.13 Å². The van der Waals surface area contributed by atoms with Crippen LogP contribution in [0.25, 0.3) is 11.4 Å². The highest BCUT2D eigenvalue weighted by atomic mass is 15.0. The fraction of sp³-hybridized carbons (Fsp3) is 0.259. The van der Waals surface area contributed by atoms with Gasteiger partial charge in [-0.25, -0.2) is 0 Å². The minimum atomic E-state index is 0.972. The fourth-order valence-corrected chi connectivity index (χ4v) is 4.55. The van der Waals surface area contributed by atoms with Crippen LogP contribution >= 0.6 is 0 Å². The molecule has 0 saturated carbocycles. The van der Waals surface area contributed by atoms with Gasteiger partial charge in [0.2, 0.25) is 0 Å². The lowest BCUT2D eigenvalue weighted by Gasteiger charge is -2.18. The molecule has 0 spiro atoms. The zero-order valence-electron chi connectivity index (χ0n) is 17.9. The molecule has 4 aromatic rings. The van der Waals surface area contributed by atoms with Crippen molar-refractivity contribution in [2.45, 2.75) is 47.0 Å². The highest BCUT2D eigenvalue weighted by molar-refractivity contribution is 5.54. The van der Waals surface area contributed by atoms with E-state index < -0.39 is 0 Å². The van der Waals surface area contributed by atoms with E-state index in [0.717, 1.165) is 19.3 Å². The average molecular weight is 383 g/mol. The summed E-state index contributed by atoms with van der Waals surface area (Å²) in [5, 5.41) is 0. The topological polar surface area (TPSA) is 9.86 Å². The predicted octanol–water partition coefficient (Wildman–Crippen LogP) is 6.60. The minimum Gasteiger partial charge on any atom is -0.323 e. The van der Waals surface area contributed by atoms with E-state index >= 15 is 0 Å². The van der Waals surface area contributed by atoms with E-state index in [1.54, 1.807) is 0 Å². The molecule has 0 unspecified atom stereocenters. The van der Waals surface area contributed by atoms with Gasteiger partial charge in [0.05, 0.1) is 11.4 Å². The summed E-state index contributed by atoms with van der Waals surface area (Å²) < 4.78 is 4.48. The molecule has 0 fully saturated rings. The Morgan fingerprint density at radius 2 is 0.966 bits per heavy atom. The maximum atomic E-state index is 2.39. The van der Waals surface area contributed by atoms with Gasteiger partial charge in [-0.15, -0.1) is 0 Å². The van der Waals surface area contributed by atoms with Crippen LogP contribution in [0.5, 0.6) is 0 Å². The number of hydrogen-bond acceptors (Lipinski definition) is 0. The molecule has 2 nitrogen and oxygen atoms in total. The van der Waals surface area contributed by atoms with E-state index in [2.05, 4.69) is 110 Å². The molecule has 0 amide bonds. The van der Waals surface area contributed by atoms with E-state index in [9.17, 15) is 0 Å². The van der Waals surface area contributed by atoms with Gasteiger partial charge in [0.15, 0.2) is 0 Å². The zero-order chi connectivity index (χ0) is 20.4. The molecule has 0 aliphatic rings. The van der Waals surface area contributed by atoms with Crippen molar-refractivity contribution in [3.8, 4) is 11.4 Å². The van der Waals surface area contributed by atoms with Crippen LogP contribution in [0.3, 0.4) is 0 Å². The molecule has 2 aromatic heterocycles. The minimum absolute atomic E-state index is 0.972. The molecule has 0 aliphatic carbocycles. The average Bonchev–Trinajstić information content (AvgIpc) is 3.41. The van der Waals surface area contributed by atoms with Crippen molar-refractivity contribution in [1.29, 1.82) is 0 Å². The van der Waals surface area contributed by atoms with Crippen molar-refractivity contribution in [1.82, 2.24) is 9.13 Å². The highest BCUT2D eigenvalue weighted by Gasteiger charge is 2.12. The number of benzene rings is 2. The van der Waals surface area contributed by atoms with E-state index in [0.29, 0.717) is 0 Å². The molecule has 148 valence electrons. The van der Waals surface area contributed by atoms with E-state index in [4.69, 9.17) is 0 Å². The monoisotopic (exact) mass is 382 g/mol. The Hall–Kier alpha value is -3.00. The predicted molar refractivity (Wildman–Crippen MR) is 123 cm³/mol. The molecule has 2 aromatic carbocycles. The first-order chi connectivity index (χ1) is 14.1. The van der Waals surface area contributed by atoms with Crippen molar-refractivity contribution < 1.29 is 0 Å². The summed E-state index contributed by atoms with van der Waals surface area (Å²) in [7, 11) is 0. The summed E-state index contributed by atoms with van der Waals surface area (Å²) >= 11 is 0. The van der Waals surface area contributed by atoms with Crippen LogP contribution in [0.1, 0.15) is 47.2 Å². The Kier molecular flexibility index (Phi) is 5.44. The van der Waals surface area contributed by atoms with Gasteiger partial charge in [0.25, 0.3) is 0 Å². The third kappa shape index (κ3) is 3.80. The first-order valence-corrected chi connectivity index (χ1v) is 10.6. The smallest absolute Gasteiger partial charge is 0.0510 e. The standard InChI is InChI=1S/C27H30N2/c1-5-24-18-22(15-20(3)26(24)28-11-7-8-12-28)17-23-16-21(4)27(25(6-2)19-23)29-13-9-10-14-29/h7-16,18-19H,5-6,17H2,1-4H3. The molecule has 0 N–H and O–H groups in total. The van der Waals surface area contributed by atoms with Gasteiger partial charge in [-0.05, 0) is 90.8 Å². The quantitative estimate of drug-likeness (QED) is 0.355. The summed E-state index contributed by atoms with van der Waals surface area (Å²) in [5.74, 6) is 0. The maximum Gasteiger partial charge on any atom is 0.0510 e. The summed E-state index contributed by atoms with van der Waals surface area (Å²) in [5.41, 5.74) is 10.9. The molecule has 2 heteroatoms. The molecule has 4 rings (SSSR count).